The van der Waals surface area contributed by atoms with E-state index in [-0.39, 0.29) is 24.9 Å². The van der Waals surface area contributed by atoms with Crippen LogP contribution in [0.5, 0.6) is 0 Å². The quantitative estimate of drug-likeness (QED) is 0.470. The van der Waals surface area contributed by atoms with Crippen LogP contribution in [-0.2, 0) is 9.63 Å². The van der Waals surface area contributed by atoms with E-state index in [1.54, 1.807) is 12.1 Å². The first-order chi connectivity index (χ1) is 17.5. The van der Waals surface area contributed by atoms with Crippen molar-refractivity contribution in [3.8, 4) is 11.1 Å². The van der Waals surface area contributed by atoms with E-state index >= 15 is 0 Å². The summed E-state index contributed by atoms with van der Waals surface area (Å²) in [5.74, 6) is -0.515. The molecular weight excluding hydrogens is 454 g/mol. The molecule has 4 rings (SSSR count). The first-order valence-corrected chi connectivity index (χ1v) is 12.0. The topological polar surface area (TPSA) is 91.2 Å². The van der Waals surface area contributed by atoms with Crippen molar-refractivity contribution < 1.29 is 19.5 Å². The standard InChI is InChI=1S/C29H31N3O4/c1-20-8-6-7-11-25(20)21-12-14-23(15-13-21)29(35)32-19-24(31-36-2)18-26(32)28(34)30-17-16-27(33)22-9-4-3-5-10-22/h3-15,26-27,33H,16-19H2,1-2H3,(H,30,34)/b31-24+/t26-,27+/m0/s1. The molecule has 0 radical (unpaired) electrons. The normalized spacial score (nSPS) is 17.1. The summed E-state index contributed by atoms with van der Waals surface area (Å²) in [5.41, 5.74) is 5.23. The number of oxime groups is 1. The van der Waals surface area contributed by atoms with E-state index in [4.69, 9.17) is 4.84 Å². The molecule has 1 aliphatic heterocycles. The molecule has 1 heterocycles. The zero-order valence-corrected chi connectivity index (χ0v) is 20.6. The molecule has 0 aromatic heterocycles. The molecule has 3 aromatic rings. The van der Waals surface area contributed by atoms with Gasteiger partial charge in [-0.05, 0) is 47.7 Å². The van der Waals surface area contributed by atoms with Crippen LogP contribution < -0.4 is 5.32 Å². The van der Waals surface area contributed by atoms with E-state index in [1.165, 1.54) is 12.0 Å². The minimum Gasteiger partial charge on any atom is -0.399 e. The van der Waals surface area contributed by atoms with E-state index in [1.807, 2.05) is 54.6 Å². The van der Waals surface area contributed by atoms with Crippen molar-refractivity contribution >= 4 is 17.5 Å². The Morgan fingerprint density at radius 1 is 1.06 bits per heavy atom. The van der Waals surface area contributed by atoms with Gasteiger partial charge in [0.15, 0.2) is 0 Å². The van der Waals surface area contributed by atoms with Gasteiger partial charge in [-0.15, -0.1) is 0 Å². The molecular formula is C29H31N3O4. The molecule has 7 nitrogen and oxygen atoms in total. The van der Waals surface area contributed by atoms with Crippen molar-refractivity contribution in [3.05, 3.63) is 95.6 Å². The van der Waals surface area contributed by atoms with Crippen LogP contribution in [-0.4, -0.2) is 53.8 Å². The van der Waals surface area contributed by atoms with Crippen LogP contribution in [0, 0.1) is 6.92 Å². The molecule has 1 saturated heterocycles. The van der Waals surface area contributed by atoms with Gasteiger partial charge in [0.1, 0.15) is 13.2 Å². The van der Waals surface area contributed by atoms with Crippen molar-refractivity contribution in [1.29, 1.82) is 0 Å². The third-order valence-electron chi connectivity index (χ3n) is 6.43. The van der Waals surface area contributed by atoms with Crippen molar-refractivity contribution in [2.75, 3.05) is 20.2 Å². The second kappa shape index (κ2) is 11.6. The first kappa shape index (κ1) is 25.1. The van der Waals surface area contributed by atoms with E-state index in [0.717, 1.165) is 22.3 Å². The Balaban J connectivity index is 1.44. The Labute approximate surface area is 211 Å². The highest BCUT2D eigenvalue weighted by atomic mass is 16.6. The van der Waals surface area contributed by atoms with Crippen molar-refractivity contribution in [1.82, 2.24) is 10.2 Å². The Bertz CT molecular complexity index is 1220. The molecule has 1 aliphatic rings. The van der Waals surface area contributed by atoms with E-state index in [2.05, 4.69) is 29.5 Å². The van der Waals surface area contributed by atoms with Crippen molar-refractivity contribution in [2.24, 2.45) is 5.16 Å². The lowest BCUT2D eigenvalue weighted by molar-refractivity contribution is -0.124. The van der Waals surface area contributed by atoms with E-state index in [9.17, 15) is 14.7 Å². The van der Waals surface area contributed by atoms with Crippen molar-refractivity contribution in [2.45, 2.75) is 31.9 Å². The number of amides is 2. The Morgan fingerprint density at radius 2 is 1.75 bits per heavy atom. The molecule has 36 heavy (non-hydrogen) atoms. The van der Waals surface area contributed by atoms with E-state index in [0.29, 0.717) is 24.1 Å². The number of hydrogen-bond acceptors (Lipinski definition) is 5. The number of aliphatic hydroxyl groups is 1. The van der Waals surface area contributed by atoms with Crippen LogP contribution in [0.3, 0.4) is 0 Å². The van der Waals surface area contributed by atoms with Crippen LogP contribution in [0.25, 0.3) is 11.1 Å². The van der Waals surface area contributed by atoms with Gasteiger partial charge in [0.05, 0.1) is 18.4 Å². The summed E-state index contributed by atoms with van der Waals surface area (Å²) < 4.78 is 0. The fourth-order valence-electron chi connectivity index (χ4n) is 4.49. The third-order valence-corrected chi connectivity index (χ3v) is 6.43. The van der Waals surface area contributed by atoms with Crippen LogP contribution in [0.4, 0.5) is 0 Å². The number of benzene rings is 3. The SMILES string of the molecule is CO/N=C1\C[C@@H](C(=O)NCC[C@@H](O)c2ccccc2)N(C(=O)c2ccc(-c3ccccc3C)cc2)C1. The van der Waals surface area contributed by atoms with Gasteiger partial charge in [-0.2, -0.15) is 0 Å². The van der Waals surface area contributed by atoms with Gasteiger partial charge in [0.25, 0.3) is 5.91 Å². The highest BCUT2D eigenvalue weighted by Gasteiger charge is 2.38. The molecule has 2 N–H and O–H groups in total. The summed E-state index contributed by atoms with van der Waals surface area (Å²) in [7, 11) is 1.45. The smallest absolute Gasteiger partial charge is 0.254 e. The molecule has 2 atom stereocenters. The number of aryl methyl sites for hydroxylation is 1. The summed E-state index contributed by atoms with van der Waals surface area (Å²) in [5, 5.41) is 17.2. The van der Waals surface area contributed by atoms with Crippen molar-refractivity contribution in [3.63, 3.8) is 0 Å². The predicted octanol–water partition coefficient (Wildman–Crippen LogP) is 4.12. The average Bonchev–Trinajstić information content (AvgIpc) is 3.33. The summed E-state index contributed by atoms with van der Waals surface area (Å²) in [6.07, 6.45) is -0.00536. The molecule has 0 spiro atoms. The molecule has 0 saturated carbocycles. The summed E-state index contributed by atoms with van der Waals surface area (Å²) in [6, 6.07) is 24.1. The number of aliphatic hydroxyl groups excluding tert-OH is 1. The van der Waals surface area contributed by atoms with Crippen LogP contribution in [0.15, 0.2) is 84.0 Å². The van der Waals surface area contributed by atoms with Gasteiger partial charge in [-0.25, -0.2) is 0 Å². The van der Waals surface area contributed by atoms with E-state index < -0.39 is 12.1 Å². The summed E-state index contributed by atoms with van der Waals surface area (Å²) in [6.45, 7) is 2.56. The largest absolute Gasteiger partial charge is 0.399 e. The second-order valence-corrected chi connectivity index (χ2v) is 8.89. The fourth-order valence-corrected chi connectivity index (χ4v) is 4.49. The van der Waals surface area contributed by atoms with Crippen LogP contribution >= 0.6 is 0 Å². The second-order valence-electron chi connectivity index (χ2n) is 8.89. The predicted molar refractivity (Wildman–Crippen MR) is 140 cm³/mol. The molecule has 3 aromatic carbocycles. The average molecular weight is 486 g/mol. The number of nitrogens with zero attached hydrogens (tertiary/aromatic N) is 2. The molecule has 0 unspecified atom stereocenters. The lowest BCUT2D eigenvalue weighted by Crippen LogP contribution is -2.46. The Hall–Kier alpha value is -3.97. The fraction of sp³-hybridized carbons (Fsp3) is 0.276. The number of rotatable bonds is 8. The highest BCUT2D eigenvalue weighted by molar-refractivity contribution is 6.05. The van der Waals surface area contributed by atoms with Gasteiger partial charge >= 0.3 is 0 Å². The number of nitrogens with one attached hydrogen (secondary N) is 1. The Kier molecular flexibility index (Phi) is 8.13. The number of hydrogen-bond donors (Lipinski definition) is 2. The molecule has 0 aliphatic carbocycles. The van der Waals surface area contributed by atoms with Crippen LogP contribution in [0.2, 0.25) is 0 Å². The molecule has 2 amide bonds. The van der Waals surface area contributed by atoms with Gasteiger partial charge in [-0.1, -0.05) is 71.9 Å². The Morgan fingerprint density at radius 3 is 2.44 bits per heavy atom. The lowest BCUT2D eigenvalue weighted by Gasteiger charge is -2.24. The zero-order valence-electron chi connectivity index (χ0n) is 20.6. The van der Waals surface area contributed by atoms with Gasteiger partial charge in [0.2, 0.25) is 5.91 Å². The zero-order chi connectivity index (χ0) is 25.5. The minimum absolute atomic E-state index is 0.219. The summed E-state index contributed by atoms with van der Waals surface area (Å²) in [4.78, 5) is 32.9. The molecule has 1 fully saturated rings. The van der Waals surface area contributed by atoms with Gasteiger partial charge < -0.3 is 20.2 Å². The summed E-state index contributed by atoms with van der Waals surface area (Å²) >= 11 is 0. The van der Waals surface area contributed by atoms with Gasteiger partial charge in [-0.3, -0.25) is 9.59 Å². The maximum Gasteiger partial charge on any atom is 0.254 e. The minimum atomic E-state index is -0.698. The molecule has 0 bridgehead atoms. The third kappa shape index (κ3) is 5.80. The first-order valence-electron chi connectivity index (χ1n) is 12.0. The maximum absolute atomic E-state index is 13.4. The van der Waals surface area contributed by atoms with Gasteiger partial charge in [0, 0.05) is 18.5 Å². The highest BCUT2D eigenvalue weighted by Crippen LogP contribution is 2.25. The molecule has 7 heteroatoms. The number of carbonyl (C=O) groups excluding carboxylic acids is 2. The maximum atomic E-state index is 13.4. The lowest BCUT2D eigenvalue weighted by atomic mass is 9.99. The molecule has 186 valence electrons. The number of likely N-dealkylation sites (tertiary alicyclic amines) is 1. The number of carbonyl (C=O) groups is 2. The monoisotopic (exact) mass is 485 g/mol. The van der Waals surface area contributed by atoms with Crippen LogP contribution in [0.1, 0.15) is 40.4 Å².